The van der Waals surface area contributed by atoms with E-state index in [1.54, 1.807) is 91.0 Å². The molecule has 2 aliphatic heterocycles. The summed E-state index contributed by atoms with van der Waals surface area (Å²) in [7, 11) is 1.31. The number of carboxylic acid groups (broad SMARTS) is 4. The van der Waals surface area contributed by atoms with Crippen LogP contribution in [0.15, 0.2) is 91.0 Å². The zero-order valence-corrected chi connectivity index (χ0v) is 28.7. The third-order valence-corrected chi connectivity index (χ3v) is 9.07. The molecule has 0 radical (unpaired) electrons. The highest BCUT2D eigenvalue weighted by Gasteiger charge is 2.58. The smallest absolute Gasteiger partial charge is 0.336 e. The molecule has 0 spiro atoms. The minimum atomic E-state index is -1.61. The molecule has 3 aromatic rings. The number of likely N-dealkylation sites (N-methyl/N-ethyl adjacent to an activating group) is 1. The van der Waals surface area contributed by atoms with Crippen LogP contribution >= 0.6 is 0 Å². The summed E-state index contributed by atoms with van der Waals surface area (Å²) in [4.78, 5) is 101. The Balaban J connectivity index is 0.000000241. The molecule has 16 heteroatoms. The maximum atomic E-state index is 13.5. The molecule has 16 nitrogen and oxygen atoms in total. The number of benzene rings is 3. The second-order valence-corrected chi connectivity index (χ2v) is 12.4. The Kier molecular flexibility index (Phi) is 12.3. The summed E-state index contributed by atoms with van der Waals surface area (Å²) in [5.74, 6) is -5.71. The van der Waals surface area contributed by atoms with Crippen LogP contribution < -0.4 is 14.7 Å². The van der Waals surface area contributed by atoms with E-state index in [1.165, 1.54) is 16.8 Å². The molecule has 6 amide bonds. The molecule has 0 unspecified atom stereocenters. The van der Waals surface area contributed by atoms with Gasteiger partial charge in [-0.15, -0.1) is 0 Å². The van der Waals surface area contributed by atoms with Crippen LogP contribution in [0, 0.1) is 0 Å². The quantitative estimate of drug-likeness (QED) is 0.156. The number of amides is 6. The number of hydrogen-bond donors (Lipinski definition) is 4. The van der Waals surface area contributed by atoms with Gasteiger partial charge < -0.3 is 20.4 Å². The number of carbonyl (C=O) groups is 8. The highest BCUT2D eigenvalue weighted by atomic mass is 16.4. The number of urea groups is 2. The summed E-state index contributed by atoms with van der Waals surface area (Å²) < 4.78 is 0. The molecule has 5 rings (SSSR count). The van der Waals surface area contributed by atoms with Gasteiger partial charge in [0.1, 0.15) is 11.1 Å². The van der Waals surface area contributed by atoms with Crippen LogP contribution in [-0.2, 0) is 28.8 Å². The summed E-state index contributed by atoms with van der Waals surface area (Å²) in [6.07, 6.45) is -2.17. The monoisotopic (exact) mass is 730 g/mol. The molecular formula is C37H38N4O12. The van der Waals surface area contributed by atoms with Crippen molar-refractivity contribution >= 4 is 64.8 Å². The molecule has 0 saturated carbocycles. The van der Waals surface area contributed by atoms with Gasteiger partial charge in [-0.05, 0) is 62.1 Å². The Labute approximate surface area is 303 Å². The summed E-state index contributed by atoms with van der Waals surface area (Å²) in [6, 6.07) is 23.8. The molecule has 2 heterocycles. The van der Waals surface area contributed by atoms with Gasteiger partial charge in [-0.3, -0.25) is 43.5 Å². The SMILES string of the molecule is CN1C(=O)N(c2ccccc2)C(CCC(=O)O)(CCC(=O)O)C1=O.O=C(O)CCC1(CCC(=O)O)C(=O)N(c2ccccc2)C(=O)N1c1ccccc1. The number of rotatable bonds is 15. The van der Waals surface area contributed by atoms with Crippen molar-refractivity contribution in [2.24, 2.45) is 0 Å². The Morgan fingerprint density at radius 1 is 0.472 bits per heavy atom. The first-order valence-electron chi connectivity index (χ1n) is 16.5. The van der Waals surface area contributed by atoms with Gasteiger partial charge >= 0.3 is 35.9 Å². The first kappa shape index (κ1) is 39.2. The van der Waals surface area contributed by atoms with Gasteiger partial charge in [0, 0.05) is 44.1 Å². The van der Waals surface area contributed by atoms with Crippen molar-refractivity contribution in [2.45, 2.75) is 62.4 Å². The lowest BCUT2D eigenvalue weighted by Crippen LogP contribution is -2.50. The van der Waals surface area contributed by atoms with Gasteiger partial charge in [-0.25, -0.2) is 14.5 Å². The number of carboxylic acids is 4. The lowest BCUT2D eigenvalue weighted by Gasteiger charge is -2.34. The van der Waals surface area contributed by atoms with E-state index in [-0.39, 0.29) is 51.4 Å². The summed E-state index contributed by atoms with van der Waals surface area (Å²) in [5, 5.41) is 36.4. The molecule has 0 aliphatic carbocycles. The number of nitrogens with zero attached hydrogens (tertiary/aromatic N) is 4. The second-order valence-electron chi connectivity index (χ2n) is 12.4. The average molecular weight is 731 g/mol. The van der Waals surface area contributed by atoms with Crippen molar-refractivity contribution in [3.8, 4) is 0 Å². The third kappa shape index (κ3) is 8.32. The molecule has 2 aliphatic rings. The lowest BCUT2D eigenvalue weighted by molar-refractivity contribution is -0.140. The third-order valence-electron chi connectivity index (χ3n) is 9.07. The van der Waals surface area contributed by atoms with Crippen LogP contribution in [0.5, 0.6) is 0 Å². The predicted molar refractivity (Wildman–Crippen MR) is 188 cm³/mol. The Hall–Kier alpha value is -6.58. The highest BCUT2D eigenvalue weighted by Crippen LogP contribution is 2.42. The van der Waals surface area contributed by atoms with Crippen LogP contribution in [0.3, 0.4) is 0 Å². The predicted octanol–water partition coefficient (Wildman–Crippen LogP) is 4.68. The Morgan fingerprint density at radius 2 is 0.774 bits per heavy atom. The molecule has 2 fully saturated rings. The first-order valence-corrected chi connectivity index (χ1v) is 16.5. The fourth-order valence-corrected chi connectivity index (χ4v) is 6.56. The van der Waals surface area contributed by atoms with E-state index in [0.29, 0.717) is 17.1 Å². The highest BCUT2D eigenvalue weighted by molar-refractivity contribution is 6.30. The lowest BCUT2D eigenvalue weighted by atomic mass is 9.86. The fraction of sp³-hybridized carbons (Fsp3) is 0.297. The van der Waals surface area contributed by atoms with Crippen molar-refractivity contribution in [1.29, 1.82) is 0 Å². The van der Waals surface area contributed by atoms with Gasteiger partial charge in [0.15, 0.2) is 0 Å². The van der Waals surface area contributed by atoms with E-state index in [1.807, 2.05) is 0 Å². The van der Waals surface area contributed by atoms with E-state index in [4.69, 9.17) is 10.2 Å². The van der Waals surface area contributed by atoms with Crippen LogP contribution in [0.4, 0.5) is 26.7 Å². The number of imide groups is 2. The van der Waals surface area contributed by atoms with Crippen LogP contribution in [-0.4, -0.2) is 91.2 Å². The first-order chi connectivity index (χ1) is 25.2. The molecule has 4 N–H and O–H groups in total. The van der Waals surface area contributed by atoms with E-state index >= 15 is 0 Å². The molecular weight excluding hydrogens is 692 g/mol. The summed E-state index contributed by atoms with van der Waals surface area (Å²) >= 11 is 0. The van der Waals surface area contributed by atoms with Gasteiger partial charge in [-0.1, -0.05) is 54.6 Å². The van der Waals surface area contributed by atoms with Gasteiger partial charge in [0.2, 0.25) is 0 Å². The number of carbonyl (C=O) groups excluding carboxylic acids is 4. The molecule has 2 saturated heterocycles. The number of para-hydroxylation sites is 3. The van der Waals surface area contributed by atoms with E-state index in [2.05, 4.69) is 0 Å². The fourth-order valence-electron chi connectivity index (χ4n) is 6.56. The van der Waals surface area contributed by atoms with Crippen molar-refractivity contribution in [1.82, 2.24) is 4.90 Å². The van der Waals surface area contributed by atoms with Gasteiger partial charge in [0.25, 0.3) is 11.8 Å². The zero-order valence-electron chi connectivity index (χ0n) is 28.7. The molecule has 0 aromatic heterocycles. The average Bonchev–Trinajstić information content (AvgIpc) is 3.47. The van der Waals surface area contributed by atoms with Gasteiger partial charge in [0.05, 0.1) is 5.69 Å². The molecule has 0 bridgehead atoms. The molecule has 3 aromatic carbocycles. The van der Waals surface area contributed by atoms with E-state index in [0.717, 1.165) is 9.80 Å². The van der Waals surface area contributed by atoms with Crippen molar-refractivity contribution in [2.75, 3.05) is 21.7 Å². The minimum Gasteiger partial charge on any atom is -0.481 e. The number of hydrogen-bond acceptors (Lipinski definition) is 8. The largest absolute Gasteiger partial charge is 0.481 e. The van der Waals surface area contributed by atoms with E-state index < -0.39 is 58.8 Å². The normalized spacial score (nSPS) is 16.0. The van der Waals surface area contributed by atoms with Crippen molar-refractivity contribution < 1.29 is 58.8 Å². The second kappa shape index (κ2) is 16.6. The van der Waals surface area contributed by atoms with Gasteiger partial charge in [-0.2, -0.15) is 0 Å². The maximum absolute atomic E-state index is 13.5. The Morgan fingerprint density at radius 3 is 1.11 bits per heavy atom. The molecule has 0 atom stereocenters. The van der Waals surface area contributed by atoms with Crippen LogP contribution in [0.2, 0.25) is 0 Å². The van der Waals surface area contributed by atoms with Crippen LogP contribution in [0.1, 0.15) is 51.4 Å². The van der Waals surface area contributed by atoms with Crippen molar-refractivity contribution in [3.63, 3.8) is 0 Å². The van der Waals surface area contributed by atoms with Crippen molar-refractivity contribution in [3.05, 3.63) is 91.0 Å². The maximum Gasteiger partial charge on any atom is 0.336 e. The Bertz CT molecular complexity index is 1830. The standard InChI is InChI=1S/C21H20N2O6.C16H18N2O6/c24-17(25)11-13-21(14-12-18(26)27)19(28)22(15-7-3-1-4-8-15)20(29)23(21)16-9-5-2-6-10-16;1-17-14(23)16(9-7-12(19)20,10-8-13(21)22)18(15(17)24)11-5-3-2-4-6-11/h1-10H,11-14H2,(H,24,25)(H,26,27);2-6H,7-10H2,1H3,(H,19,20)(H,21,22). The number of aliphatic carboxylic acids is 4. The molecule has 53 heavy (non-hydrogen) atoms. The summed E-state index contributed by atoms with van der Waals surface area (Å²) in [6.45, 7) is 0. The summed E-state index contributed by atoms with van der Waals surface area (Å²) in [5.41, 5.74) is -1.94. The minimum absolute atomic E-state index is 0.153. The van der Waals surface area contributed by atoms with E-state index in [9.17, 15) is 48.6 Å². The number of anilines is 3. The molecule has 278 valence electrons. The topological polar surface area (TPSA) is 230 Å². The zero-order chi connectivity index (χ0) is 38.9. The van der Waals surface area contributed by atoms with Crippen LogP contribution in [0.25, 0.3) is 0 Å².